The second kappa shape index (κ2) is 8.93. The molecule has 0 bridgehead atoms. The maximum Gasteiger partial charge on any atom is 0.251 e. The molecule has 3 rings (SSSR count). The number of nitrogens with zero attached hydrogens (tertiary/aromatic N) is 2. The summed E-state index contributed by atoms with van der Waals surface area (Å²) >= 11 is 0. The van der Waals surface area contributed by atoms with Gasteiger partial charge >= 0.3 is 0 Å². The molecule has 0 spiro atoms. The van der Waals surface area contributed by atoms with E-state index in [2.05, 4.69) is 5.32 Å². The Morgan fingerprint density at radius 3 is 2.43 bits per heavy atom. The van der Waals surface area contributed by atoms with Gasteiger partial charge < -0.3 is 10.2 Å². The monoisotopic (exact) mass is 433 g/mol. The summed E-state index contributed by atoms with van der Waals surface area (Å²) in [5.41, 5.74) is 0.559. The maximum atomic E-state index is 14.0. The second-order valence-electron chi connectivity index (χ2n) is 7.34. The smallest absolute Gasteiger partial charge is 0.251 e. The standard InChI is InChI=1S/C21H24FN3O4S/c1-24(2)30(28,29)18-8-5-7-15(12-18)21(27)23-13-20(26)25(17-10-11-17)14-16-6-3-4-9-19(16)22/h3-9,12,17H,10-11,13-14H2,1-2H3,(H,23,27). The lowest BCUT2D eigenvalue weighted by molar-refractivity contribution is -0.131. The van der Waals surface area contributed by atoms with E-state index in [1.54, 1.807) is 23.1 Å². The molecule has 1 aliphatic carbocycles. The number of hydrogen-bond donors (Lipinski definition) is 1. The van der Waals surface area contributed by atoms with Gasteiger partial charge in [0.15, 0.2) is 0 Å². The first-order valence-corrected chi connectivity index (χ1v) is 11.0. The molecule has 2 aromatic carbocycles. The molecule has 0 aliphatic heterocycles. The Hall–Kier alpha value is -2.78. The van der Waals surface area contributed by atoms with Crippen LogP contribution in [0.15, 0.2) is 53.4 Å². The third kappa shape index (κ3) is 5.03. The summed E-state index contributed by atoms with van der Waals surface area (Å²) in [5, 5.41) is 2.54. The van der Waals surface area contributed by atoms with Crippen LogP contribution in [-0.4, -0.2) is 56.1 Å². The molecule has 9 heteroatoms. The molecular weight excluding hydrogens is 409 g/mol. The Balaban J connectivity index is 1.66. The van der Waals surface area contributed by atoms with E-state index in [1.807, 2.05) is 0 Å². The number of amides is 2. The van der Waals surface area contributed by atoms with Crippen molar-refractivity contribution in [3.63, 3.8) is 0 Å². The van der Waals surface area contributed by atoms with Gasteiger partial charge in [-0.25, -0.2) is 17.1 Å². The number of benzene rings is 2. The third-order valence-corrected chi connectivity index (χ3v) is 6.69. The molecule has 1 saturated carbocycles. The normalized spacial score (nSPS) is 13.9. The van der Waals surface area contributed by atoms with Gasteiger partial charge in [0.1, 0.15) is 5.82 Å². The molecule has 160 valence electrons. The fourth-order valence-corrected chi connectivity index (χ4v) is 3.93. The lowest BCUT2D eigenvalue weighted by Crippen LogP contribution is -2.41. The van der Waals surface area contributed by atoms with E-state index in [0.717, 1.165) is 17.1 Å². The van der Waals surface area contributed by atoms with E-state index in [4.69, 9.17) is 0 Å². The van der Waals surface area contributed by atoms with E-state index in [1.165, 1.54) is 44.4 Å². The summed E-state index contributed by atoms with van der Waals surface area (Å²) in [6, 6.07) is 12.0. The molecule has 2 aromatic rings. The number of sulfonamides is 1. The first kappa shape index (κ1) is 21.9. The average molecular weight is 434 g/mol. The molecule has 1 N–H and O–H groups in total. The zero-order chi connectivity index (χ0) is 21.9. The van der Waals surface area contributed by atoms with Crippen molar-refractivity contribution in [3.8, 4) is 0 Å². The van der Waals surface area contributed by atoms with Crippen LogP contribution in [0.2, 0.25) is 0 Å². The quantitative estimate of drug-likeness (QED) is 0.690. The van der Waals surface area contributed by atoms with Crippen molar-refractivity contribution < 1.29 is 22.4 Å². The van der Waals surface area contributed by atoms with Gasteiger partial charge in [-0.05, 0) is 37.1 Å². The fraction of sp³-hybridized carbons (Fsp3) is 0.333. The minimum atomic E-state index is -3.68. The van der Waals surface area contributed by atoms with Crippen LogP contribution < -0.4 is 5.32 Å². The van der Waals surface area contributed by atoms with Crippen LogP contribution >= 0.6 is 0 Å². The minimum absolute atomic E-state index is 0.00867. The van der Waals surface area contributed by atoms with Gasteiger partial charge in [0.25, 0.3) is 5.91 Å². The van der Waals surface area contributed by atoms with Crippen LogP contribution in [0.3, 0.4) is 0 Å². The second-order valence-corrected chi connectivity index (χ2v) is 9.49. The predicted molar refractivity (Wildman–Crippen MR) is 110 cm³/mol. The summed E-state index contributed by atoms with van der Waals surface area (Å²) in [7, 11) is -0.866. The number of nitrogens with one attached hydrogen (secondary N) is 1. The first-order valence-electron chi connectivity index (χ1n) is 9.54. The van der Waals surface area contributed by atoms with Crippen LogP contribution in [0.5, 0.6) is 0 Å². The van der Waals surface area contributed by atoms with E-state index in [-0.39, 0.29) is 41.3 Å². The molecule has 0 saturated heterocycles. The van der Waals surface area contributed by atoms with E-state index < -0.39 is 15.9 Å². The molecule has 0 unspecified atom stereocenters. The Labute approximate surface area is 175 Å². The molecule has 0 radical (unpaired) electrons. The van der Waals surface area contributed by atoms with Gasteiger partial charge in [-0.15, -0.1) is 0 Å². The molecular formula is C21H24FN3O4S. The van der Waals surface area contributed by atoms with E-state index in [9.17, 15) is 22.4 Å². The molecule has 0 aromatic heterocycles. The van der Waals surface area contributed by atoms with E-state index in [0.29, 0.717) is 5.56 Å². The van der Waals surface area contributed by atoms with Crippen LogP contribution in [0.25, 0.3) is 0 Å². The third-order valence-electron chi connectivity index (χ3n) is 4.88. The predicted octanol–water partition coefficient (Wildman–Crippen LogP) is 2.00. The Kier molecular flexibility index (Phi) is 6.52. The Bertz CT molecular complexity index is 1050. The van der Waals surface area contributed by atoms with Crippen molar-refractivity contribution in [2.75, 3.05) is 20.6 Å². The van der Waals surface area contributed by atoms with E-state index >= 15 is 0 Å². The van der Waals surface area contributed by atoms with Crippen molar-refractivity contribution >= 4 is 21.8 Å². The summed E-state index contributed by atoms with van der Waals surface area (Å²) in [5.74, 6) is -1.24. The molecule has 1 aliphatic rings. The van der Waals surface area contributed by atoms with Gasteiger partial charge in [0.05, 0.1) is 11.4 Å². The van der Waals surface area contributed by atoms with Gasteiger partial charge in [0, 0.05) is 37.8 Å². The summed E-state index contributed by atoms with van der Waals surface area (Å²) < 4.78 is 39.5. The largest absolute Gasteiger partial charge is 0.343 e. The highest BCUT2D eigenvalue weighted by atomic mass is 32.2. The number of carbonyl (C=O) groups is 2. The average Bonchev–Trinajstić information content (AvgIpc) is 3.56. The molecule has 1 fully saturated rings. The minimum Gasteiger partial charge on any atom is -0.343 e. The van der Waals surface area contributed by atoms with Gasteiger partial charge in [-0.1, -0.05) is 24.3 Å². The van der Waals surface area contributed by atoms with Crippen LogP contribution in [0.1, 0.15) is 28.8 Å². The van der Waals surface area contributed by atoms with Crippen LogP contribution in [0, 0.1) is 5.82 Å². The van der Waals surface area contributed by atoms with Crippen molar-refractivity contribution in [1.82, 2.24) is 14.5 Å². The summed E-state index contributed by atoms with van der Waals surface area (Å²) in [4.78, 5) is 26.7. The molecule has 30 heavy (non-hydrogen) atoms. The highest BCUT2D eigenvalue weighted by molar-refractivity contribution is 7.89. The lowest BCUT2D eigenvalue weighted by Gasteiger charge is -2.23. The zero-order valence-electron chi connectivity index (χ0n) is 16.8. The maximum absolute atomic E-state index is 14.0. The van der Waals surface area contributed by atoms with Crippen molar-refractivity contribution in [1.29, 1.82) is 0 Å². The highest BCUT2D eigenvalue weighted by Crippen LogP contribution is 2.28. The van der Waals surface area contributed by atoms with Gasteiger partial charge in [0.2, 0.25) is 15.9 Å². The Morgan fingerprint density at radius 2 is 1.80 bits per heavy atom. The van der Waals surface area contributed by atoms with Gasteiger partial charge in [-0.2, -0.15) is 0 Å². The topological polar surface area (TPSA) is 86.8 Å². The molecule has 0 atom stereocenters. The van der Waals surface area contributed by atoms with Crippen LogP contribution in [0.4, 0.5) is 4.39 Å². The fourth-order valence-electron chi connectivity index (χ4n) is 2.99. The number of carbonyl (C=O) groups excluding carboxylic acids is 2. The zero-order valence-corrected chi connectivity index (χ0v) is 17.7. The van der Waals surface area contributed by atoms with Crippen molar-refractivity contribution in [3.05, 3.63) is 65.5 Å². The SMILES string of the molecule is CN(C)S(=O)(=O)c1cccc(C(=O)NCC(=O)N(Cc2ccccc2F)C2CC2)c1. The van der Waals surface area contributed by atoms with Crippen molar-refractivity contribution in [2.45, 2.75) is 30.3 Å². The molecule has 2 amide bonds. The van der Waals surface area contributed by atoms with Crippen LogP contribution in [-0.2, 0) is 21.4 Å². The number of rotatable bonds is 8. The first-order chi connectivity index (χ1) is 14.2. The summed E-state index contributed by atoms with van der Waals surface area (Å²) in [6.45, 7) is -0.114. The number of hydrogen-bond acceptors (Lipinski definition) is 4. The van der Waals surface area contributed by atoms with Crippen molar-refractivity contribution in [2.24, 2.45) is 0 Å². The molecule has 0 heterocycles. The summed E-state index contributed by atoms with van der Waals surface area (Å²) in [6.07, 6.45) is 1.69. The number of halogens is 1. The molecule has 7 nitrogen and oxygen atoms in total. The highest BCUT2D eigenvalue weighted by Gasteiger charge is 2.33. The lowest BCUT2D eigenvalue weighted by atomic mass is 10.2. The van der Waals surface area contributed by atoms with Gasteiger partial charge in [-0.3, -0.25) is 9.59 Å². The Morgan fingerprint density at radius 1 is 1.10 bits per heavy atom.